The fraction of sp³-hybridized carbons (Fsp3) is 0.316. The molecular formula is C19H21ClN2S. The monoisotopic (exact) mass is 344 g/mol. The van der Waals surface area contributed by atoms with Crippen molar-refractivity contribution in [1.29, 1.82) is 0 Å². The van der Waals surface area contributed by atoms with Gasteiger partial charge in [0.15, 0.2) is 5.11 Å². The molecule has 3 rings (SSSR count). The number of thiocarbonyl (C=S) groups is 1. The van der Waals surface area contributed by atoms with E-state index in [4.69, 9.17) is 23.8 Å². The van der Waals surface area contributed by atoms with Gasteiger partial charge in [0.25, 0.3) is 0 Å². The molecule has 0 bridgehead atoms. The van der Waals surface area contributed by atoms with E-state index < -0.39 is 0 Å². The van der Waals surface area contributed by atoms with Crippen molar-refractivity contribution < 1.29 is 0 Å². The van der Waals surface area contributed by atoms with Crippen LogP contribution >= 0.6 is 23.8 Å². The van der Waals surface area contributed by atoms with E-state index in [1.807, 2.05) is 24.3 Å². The standard InChI is InChI=1S/C19H21ClN2S/c1-14-6-2-3-7-17(14)19(12-4-5-13-19)22-18(23)21-16-10-8-15(20)9-11-16/h2-3,6-11H,4-5,12-13H2,1H3,(H2,21,22,23). The minimum Gasteiger partial charge on any atom is -0.353 e. The first-order valence-corrected chi connectivity index (χ1v) is 8.79. The van der Waals surface area contributed by atoms with Crippen molar-refractivity contribution in [3.8, 4) is 0 Å². The maximum atomic E-state index is 5.93. The number of hydrogen-bond donors (Lipinski definition) is 2. The summed E-state index contributed by atoms with van der Waals surface area (Å²) < 4.78 is 0. The summed E-state index contributed by atoms with van der Waals surface area (Å²) in [6, 6.07) is 16.2. The van der Waals surface area contributed by atoms with Gasteiger partial charge in [0, 0.05) is 10.7 Å². The van der Waals surface area contributed by atoms with Gasteiger partial charge in [-0.05, 0) is 67.4 Å². The van der Waals surface area contributed by atoms with E-state index in [0.717, 1.165) is 23.6 Å². The van der Waals surface area contributed by atoms with Crippen LogP contribution in [0.15, 0.2) is 48.5 Å². The lowest BCUT2D eigenvalue weighted by atomic mass is 9.85. The Bertz CT molecular complexity index is 691. The number of nitrogens with one attached hydrogen (secondary N) is 2. The molecule has 2 aromatic carbocycles. The highest BCUT2D eigenvalue weighted by Gasteiger charge is 2.37. The quantitative estimate of drug-likeness (QED) is 0.728. The molecule has 0 atom stereocenters. The Morgan fingerprint density at radius 2 is 1.70 bits per heavy atom. The normalized spacial score (nSPS) is 16.1. The van der Waals surface area contributed by atoms with Crippen molar-refractivity contribution in [2.45, 2.75) is 38.1 Å². The Hall–Kier alpha value is -1.58. The third-order valence-electron chi connectivity index (χ3n) is 4.57. The molecular weight excluding hydrogens is 324 g/mol. The molecule has 1 aliphatic carbocycles. The molecule has 120 valence electrons. The Balaban J connectivity index is 1.79. The highest BCUT2D eigenvalue weighted by atomic mass is 35.5. The third-order valence-corrected chi connectivity index (χ3v) is 5.03. The highest BCUT2D eigenvalue weighted by molar-refractivity contribution is 7.80. The summed E-state index contributed by atoms with van der Waals surface area (Å²) in [6.45, 7) is 2.17. The molecule has 0 aliphatic heterocycles. The van der Waals surface area contributed by atoms with Gasteiger partial charge in [-0.3, -0.25) is 0 Å². The summed E-state index contributed by atoms with van der Waals surface area (Å²) in [4.78, 5) is 0. The molecule has 2 nitrogen and oxygen atoms in total. The van der Waals surface area contributed by atoms with Gasteiger partial charge in [0.1, 0.15) is 0 Å². The van der Waals surface area contributed by atoms with Crippen LogP contribution < -0.4 is 10.6 Å². The number of benzene rings is 2. The molecule has 0 spiro atoms. The minimum atomic E-state index is -0.0537. The van der Waals surface area contributed by atoms with Crippen molar-refractivity contribution in [3.63, 3.8) is 0 Å². The van der Waals surface area contributed by atoms with Crippen LogP contribution in [0.4, 0.5) is 5.69 Å². The number of halogens is 1. The van der Waals surface area contributed by atoms with Gasteiger partial charge in [-0.15, -0.1) is 0 Å². The Morgan fingerprint density at radius 1 is 1.04 bits per heavy atom. The molecule has 1 aliphatic rings. The lowest BCUT2D eigenvalue weighted by Gasteiger charge is -2.33. The van der Waals surface area contributed by atoms with Crippen LogP contribution in [0.3, 0.4) is 0 Å². The van der Waals surface area contributed by atoms with E-state index in [-0.39, 0.29) is 5.54 Å². The molecule has 1 saturated carbocycles. The smallest absolute Gasteiger partial charge is 0.171 e. The number of hydrogen-bond acceptors (Lipinski definition) is 1. The molecule has 0 heterocycles. The number of rotatable bonds is 3. The predicted molar refractivity (Wildman–Crippen MR) is 102 cm³/mol. The molecule has 2 N–H and O–H groups in total. The van der Waals surface area contributed by atoms with E-state index in [1.165, 1.54) is 24.0 Å². The van der Waals surface area contributed by atoms with Crippen LogP contribution in [-0.2, 0) is 5.54 Å². The van der Waals surface area contributed by atoms with Crippen molar-refractivity contribution in [2.75, 3.05) is 5.32 Å². The van der Waals surface area contributed by atoms with Crippen LogP contribution in [0.2, 0.25) is 5.02 Å². The van der Waals surface area contributed by atoms with Gasteiger partial charge >= 0.3 is 0 Å². The Labute approximate surface area is 148 Å². The summed E-state index contributed by atoms with van der Waals surface area (Å²) in [7, 11) is 0. The first-order chi connectivity index (χ1) is 11.1. The van der Waals surface area contributed by atoms with Crippen LogP contribution in [0.25, 0.3) is 0 Å². The molecule has 0 amide bonds. The maximum Gasteiger partial charge on any atom is 0.171 e. The average molecular weight is 345 g/mol. The zero-order valence-corrected chi connectivity index (χ0v) is 14.8. The summed E-state index contributed by atoms with van der Waals surface area (Å²) in [5.41, 5.74) is 3.57. The number of aryl methyl sites for hydroxylation is 1. The van der Waals surface area contributed by atoms with Crippen LogP contribution in [0, 0.1) is 6.92 Å². The molecule has 0 saturated heterocycles. The molecule has 0 aromatic heterocycles. The van der Waals surface area contributed by atoms with E-state index in [0.29, 0.717) is 5.11 Å². The van der Waals surface area contributed by atoms with Gasteiger partial charge in [0.05, 0.1) is 5.54 Å². The summed E-state index contributed by atoms with van der Waals surface area (Å²) >= 11 is 11.5. The van der Waals surface area contributed by atoms with Crippen molar-refractivity contribution >= 4 is 34.6 Å². The van der Waals surface area contributed by atoms with Gasteiger partial charge in [-0.2, -0.15) is 0 Å². The molecule has 1 fully saturated rings. The van der Waals surface area contributed by atoms with E-state index in [2.05, 4.69) is 41.8 Å². The highest BCUT2D eigenvalue weighted by Crippen LogP contribution is 2.40. The first kappa shape index (κ1) is 16.3. The second-order valence-electron chi connectivity index (χ2n) is 6.19. The van der Waals surface area contributed by atoms with Crippen LogP contribution in [0.5, 0.6) is 0 Å². The zero-order chi connectivity index (χ0) is 16.3. The maximum absolute atomic E-state index is 5.93. The molecule has 4 heteroatoms. The zero-order valence-electron chi connectivity index (χ0n) is 13.2. The largest absolute Gasteiger partial charge is 0.353 e. The van der Waals surface area contributed by atoms with Crippen molar-refractivity contribution in [1.82, 2.24) is 5.32 Å². The van der Waals surface area contributed by atoms with Crippen molar-refractivity contribution in [2.24, 2.45) is 0 Å². The van der Waals surface area contributed by atoms with Gasteiger partial charge in [0.2, 0.25) is 0 Å². The second-order valence-corrected chi connectivity index (χ2v) is 7.03. The first-order valence-electron chi connectivity index (χ1n) is 8.00. The van der Waals surface area contributed by atoms with Crippen molar-refractivity contribution in [3.05, 3.63) is 64.7 Å². The molecule has 23 heavy (non-hydrogen) atoms. The average Bonchev–Trinajstić information content (AvgIpc) is 2.99. The Kier molecular flexibility index (Phi) is 4.88. The fourth-order valence-electron chi connectivity index (χ4n) is 3.46. The van der Waals surface area contributed by atoms with Gasteiger partial charge in [-0.1, -0.05) is 48.7 Å². The Morgan fingerprint density at radius 3 is 2.35 bits per heavy atom. The lowest BCUT2D eigenvalue weighted by molar-refractivity contribution is 0.406. The van der Waals surface area contributed by atoms with E-state index >= 15 is 0 Å². The summed E-state index contributed by atoms with van der Waals surface area (Å²) in [5.74, 6) is 0. The molecule has 2 aromatic rings. The van der Waals surface area contributed by atoms with E-state index in [1.54, 1.807) is 0 Å². The minimum absolute atomic E-state index is 0.0537. The predicted octanol–water partition coefficient (Wildman–Crippen LogP) is 5.40. The van der Waals surface area contributed by atoms with E-state index in [9.17, 15) is 0 Å². The summed E-state index contributed by atoms with van der Waals surface area (Å²) in [6.07, 6.45) is 4.68. The van der Waals surface area contributed by atoms with Crippen LogP contribution in [0.1, 0.15) is 36.8 Å². The SMILES string of the molecule is Cc1ccccc1C1(NC(=S)Nc2ccc(Cl)cc2)CCCC1. The topological polar surface area (TPSA) is 24.1 Å². The lowest BCUT2D eigenvalue weighted by Crippen LogP contribution is -2.46. The van der Waals surface area contributed by atoms with Gasteiger partial charge in [-0.25, -0.2) is 0 Å². The fourth-order valence-corrected chi connectivity index (χ4v) is 3.90. The molecule has 0 unspecified atom stereocenters. The van der Waals surface area contributed by atoms with Crippen LogP contribution in [-0.4, -0.2) is 5.11 Å². The summed E-state index contributed by atoms with van der Waals surface area (Å²) in [5, 5.41) is 8.26. The third kappa shape index (κ3) is 3.67. The molecule has 0 radical (unpaired) electrons. The second kappa shape index (κ2) is 6.90. The number of anilines is 1. The van der Waals surface area contributed by atoms with Gasteiger partial charge < -0.3 is 10.6 Å².